The molecule has 0 aliphatic carbocycles. The minimum atomic E-state index is -5.17. The molecule has 0 saturated heterocycles. The van der Waals surface area contributed by atoms with Crippen molar-refractivity contribution in [3.63, 3.8) is 0 Å². The molecule has 0 heterocycles. The summed E-state index contributed by atoms with van der Waals surface area (Å²) in [4.78, 5) is 0. The summed E-state index contributed by atoms with van der Waals surface area (Å²) < 4.78 is 49.6. The Morgan fingerprint density at radius 3 is 2.43 bits per heavy atom. The van der Waals surface area contributed by atoms with Crippen LogP contribution in [0.2, 0.25) is 0 Å². The molecule has 7 heteroatoms. The lowest BCUT2D eigenvalue weighted by molar-refractivity contribution is 0.500. The second kappa shape index (κ2) is 3.69. The van der Waals surface area contributed by atoms with E-state index in [1.165, 1.54) is 0 Å². The molecule has 0 unspecified atom stereocenters. The van der Waals surface area contributed by atoms with Crippen LogP contribution in [-0.2, 0) is 0 Å². The van der Waals surface area contributed by atoms with Gasteiger partial charge in [-0.15, -0.1) is 0 Å². The highest BCUT2D eigenvalue weighted by Crippen LogP contribution is 2.12. The first kappa shape index (κ1) is 10.6. The van der Waals surface area contributed by atoms with Crippen molar-refractivity contribution < 1.29 is 17.3 Å². The fourth-order valence-corrected chi connectivity index (χ4v) is 1.04. The topological polar surface area (TPSA) is 38.4 Å². The molecule has 0 aliphatic rings. The molecule has 14 heavy (non-hydrogen) atoms. The number of nitrogens with zero attached hydrogens (tertiary/aromatic N) is 1. The molecule has 0 fully saturated rings. The van der Waals surface area contributed by atoms with E-state index in [1.807, 2.05) is 0 Å². The van der Waals surface area contributed by atoms with Crippen LogP contribution < -0.4 is 11.3 Å². The quantitative estimate of drug-likeness (QED) is 0.254. The average molecular weight is 205 g/mol. The predicted molar refractivity (Wildman–Crippen MR) is 46.9 cm³/mol. The van der Waals surface area contributed by atoms with Gasteiger partial charge in [-0.1, -0.05) is 11.5 Å². The van der Waals surface area contributed by atoms with Gasteiger partial charge in [0.1, 0.15) is 5.82 Å². The first-order valence-electron chi connectivity index (χ1n) is 3.68. The third-order valence-electron chi connectivity index (χ3n) is 1.62. The number of hydrogen-bond donors (Lipinski definition) is 1. The van der Waals surface area contributed by atoms with Gasteiger partial charge in [0.15, 0.2) is 0 Å². The van der Waals surface area contributed by atoms with Crippen LogP contribution in [0.15, 0.2) is 23.3 Å². The van der Waals surface area contributed by atoms with E-state index in [1.54, 1.807) is 0 Å². The van der Waals surface area contributed by atoms with Gasteiger partial charge in [-0.05, 0) is 17.7 Å². The highest BCUT2D eigenvalue weighted by Gasteiger charge is 2.27. The van der Waals surface area contributed by atoms with Gasteiger partial charge >= 0.3 is 6.98 Å². The van der Waals surface area contributed by atoms with Gasteiger partial charge in [0.25, 0.3) is 0 Å². The molecule has 0 aromatic heterocycles. The largest absolute Gasteiger partial charge is 0.510 e. The number of hydrazone groups is 1. The van der Waals surface area contributed by atoms with E-state index >= 15 is 0 Å². The fraction of sp³-hybridized carbons (Fsp3) is 0. The Balaban J connectivity index is 3.29. The molecule has 1 rings (SSSR count). The Kier molecular flexibility index (Phi) is 2.78. The Bertz CT molecular complexity index is 361. The van der Waals surface area contributed by atoms with Crippen LogP contribution in [0.4, 0.5) is 17.3 Å². The number of nitrogens with two attached hydrogens (primary N) is 1. The Labute approximate surface area is 77.5 Å². The van der Waals surface area contributed by atoms with Crippen molar-refractivity contribution in [1.82, 2.24) is 0 Å². The highest BCUT2D eigenvalue weighted by molar-refractivity contribution is 6.74. The monoisotopic (exact) mass is 205 g/mol. The highest BCUT2D eigenvalue weighted by atomic mass is 19.4. The van der Waals surface area contributed by atoms with Gasteiger partial charge in [0, 0.05) is 0 Å². The molecule has 2 nitrogen and oxygen atoms in total. The summed E-state index contributed by atoms with van der Waals surface area (Å²) in [5, 5.41) is 2.94. The lowest BCUT2D eigenvalue weighted by Gasteiger charge is -2.17. The summed E-state index contributed by atoms with van der Waals surface area (Å²) in [5.74, 6) is 3.95. The van der Waals surface area contributed by atoms with Crippen LogP contribution in [0.5, 0.6) is 0 Å². The zero-order valence-corrected chi connectivity index (χ0v) is 6.92. The van der Waals surface area contributed by atoms with Crippen LogP contribution >= 0.6 is 0 Å². The molecule has 0 aliphatic heterocycles. The van der Waals surface area contributed by atoms with E-state index in [-0.39, 0.29) is 5.56 Å². The van der Waals surface area contributed by atoms with Crippen molar-refractivity contribution in [3.8, 4) is 0 Å². The zero-order valence-electron chi connectivity index (χ0n) is 6.92. The molecule has 0 spiro atoms. The maximum atomic E-state index is 12.6. The van der Waals surface area contributed by atoms with Crippen molar-refractivity contribution in [2.75, 3.05) is 0 Å². The fourth-order valence-electron chi connectivity index (χ4n) is 1.04. The van der Waals surface area contributed by atoms with Crippen molar-refractivity contribution in [1.29, 1.82) is 0 Å². The van der Waals surface area contributed by atoms with Crippen LogP contribution in [0.25, 0.3) is 0 Å². The van der Waals surface area contributed by atoms with Gasteiger partial charge in [-0.25, -0.2) is 4.39 Å². The maximum Gasteiger partial charge on any atom is 0.510 e. The minimum absolute atomic E-state index is 0.361. The van der Waals surface area contributed by atoms with Gasteiger partial charge in [-0.2, -0.15) is 5.10 Å². The maximum absolute atomic E-state index is 12.6. The number of halogens is 4. The van der Waals surface area contributed by atoms with E-state index in [2.05, 4.69) is 5.10 Å². The summed E-state index contributed by atoms with van der Waals surface area (Å²) >= 11 is 0. The summed E-state index contributed by atoms with van der Waals surface area (Å²) in [5.41, 5.74) is -1.26. The van der Waals surface area contributed by atoms with Crippen LogP contribution in [0.1, 0.15) is 5.56 Å². The predicted octanol–water partition coefficient (Wildman–Crippen LogP) is 1.17. The zero-order chi connectivity index (χ0) is 10.8. The lowest BCUT2D eigenvalue weighted by atomic mass is 9.77. The summed E-state index contributed by atoms with van der Waals surface area (Å²) in [6.45, 7) is -5.17. The molecule has 2 N–H and O–H groups in total. The molecule has 1 aromatic carbocycles. The Hall–Kier alpha value is -1.53. The number of benzene rings is 1. The van der Waals surface area contributed by atoms with E-state index in [9.17, 15) is 17.3 Å². The van der Waals surface area contributed by atoms with Crippen LogP contribution in [-0.4, -0.2) is 13.2 Å². The van der Waals surface area contributed by atoms with Crippen molar-refractivity contribution >= 4 is 18.7 Å². The lowest BCUT2D eigenvalue weighted by Crippen LogP contribution is -2.37. The molecule has 0 amide bonds. The van der Waals surface area contributed by atoms with Gasteiger partial charge in [-0.3, -0.25) is 0 Å². The Morgan fingerprint density at radius 1 is 1.29 bits per heavy atom. The van der Waals surface area contributed by atoms with Crippen molar-refractivity contribution in [2.24, 2.45) is 10.9 Å². The van der Waals surface area contributed by atoms with Crippen LogP contribution in [0.3, 0.4) is 0 Å². The van der Waals surface area contributed by atoms with Gasteiger partial charge in [0.05, 0.1) is 6.21 Å². The third kappa shape index (κ3) is 2.24. The molecular formula is C7H6BF4N2-. The molecule has 76 valence electrons. The molecular weight excluding hydrogens is 199 g/mol. The smallest absolute Gasteiger partial charge is 0.445 e. The number of hydrogen-bond acceptors (Lipinski definition) is 2. The summed E-state index contributed by atoms with van der Waals surface area (Å²) in [7, 11) is 0. The van der Waals surface area contributed by atoms with Gasteiger partial charge < -0.3 is 18.8 Å². The van der Waals surface area contributed by atoms with E-state index in [4.69, 9.17) is 5.84 Å². The second-order valence-electron chi connectivity index (χ2n) is 2.63. The molecule has 1 aromatic rings. The normalized spacial score (nSPS) is 12.3. The Morgan fingerprint density at radius 2 is 1.93 bits per heavy atom. The number of rotatable bonds is 2. The van der Waals surface area contributed by atoms with Crippen molar-refractivity contribution in [3.05, 3.63) is 29.6 Å². The second-order valence-corrected chi connectivity index (χ2v) is 2.63. The summed E-state index contributed by atoms with van der Waals surface area (Å²) in [6.07, 6.45) is 0.771. The molecule has 0 saturated carbocycles. The third-order valence-corrected chi connectivity index (χ3v) is 1.62. The molecule has 0 bridgehead atoms. The van der Waals surface area contributed by atoms with E-state index in [0.717, 1.165) is 18.3 Å². The molecule has 0 atom stereocenters. The standard InChI is InChI=1S/C7H6BF4N2/c9-6-1-2-7(8(10,11)12)5(3-6)4-14-13/h1-4H,13H2/q-1. The average Bonchev–Trinajstić information content (AvgIpc) is 2.02. The van der Waals surface area contributed by atoms with Gasteiger partial charge in [0.2, 0.25) is 0 Å². The summed E-state index contributed by atoms with van der Waals surface area (Å²) in [6, 6.07) is 2.16. The minimum Gasteiger partial charge on any atom is -0.445 e. The van der Waals surface area contributed by atoms with Crippen LogP contribution in [0, 0.1) is 5.82 Å². The molecule has 0 radical (unpaired) electrons. The van der Waals surface area contributed by atoms with E-state index < -0.39 is 18.3 Å². The SMILES string of the molecule is NN=Cc1cc(F)ccc1[B-](F)(F)F. The van der Waals surface area contributed by atoms with Crippen molar-refractivity contribution in [2.45, 2.75) is 0 Å². The first-order chi connectivity index (χ1) is 6.45. The first-order valence-corrected chi connectivity index (χ1v) is 3.68. The van der Waals surface area contributed by atoms with E-state index in [0.29, 0.717) is 6.07 Å².